The van der Waals surface area contributed by atoms with Crippen molar-refractivity contribution in [3.05, 3.63) is 95.2 Å². The van der Waals surface area contributed by atoms with E-state index < -0.39 is 0 Å². The Bertz CT molecular complexity index is 1160. The molecule has 4 aromatic rings. The van der Waals surface area contributed by atoms with Crippen molar-refractivity contribution in [3.63, 3.8) is 0 Å². The molecule has 3 aromatic carbocycles. The Balaban J connectivity index is 1.61. The molecule has 4 heteroatoms. The SMILES string of the molecule is COc1ccc([C@H]2[NH2+]C[C@H](c3ccc(N(C)C)cc3)c3c2[nH]c2ccccc32)cc1. The number of nitrogens with two attached hydrogens (primary N) is 1. The van der Waals surface area contributed by atoms with E-state index >= 15 is 0 Å². The fourth-order valence-corrected chi connectivity index (χ4v) is 4.73. The van der Waals surface area contributed by atoms with Crippen molar-refractivity contribution in [2.24, 2.45) is 0 Å². The molecule has 1 aliphatic rings. The predicted octanol–water partition coefficient (Wildman–Crippen LogP) is 4.04. The van der Waals surface area contributed by atoms with Crippen LogP contribution in [0.2, 0.25) is 0 Å². The molecule has 3 N–H and O–H groups in total. The average Bonchev–Trinajstić information content (AvgIpc) is 3.18. The first-order valence-electron chi connectivity index (χ1n) is 10.5. The summed E-state index contributed by atoms with van der Waals surface area (Å²) in [6.07, 6.45) is 0. The molecule has 0 saturated carbocycles. The lowest BCUT2D eigenvalue weighted by Crippen LogP contribution is -2.88. The largest absolute Gasteiger partial charge is 0.497 e. The van der Waals surface area contributed by atoms with Gasteiger partial charge in [-0.1, -0.05) is 30.3 Å². The molecule has 30 heavy (non-hydrogen) atoms. The third-order valence-electron chi connectivity index (χ3n) is 6.33. The number of para-hydroxylation sites is 1. The molecular weight excluding hydrogens is 370 g/mol. The first-order valence-corrected chi connectivity index (χ1v) is 10.5. The molecule has 5 rings (SSSR count). The zero-order valence-corrected chi connectivity index (χ0v) is 17.7. The Labute approximate surface area is 177 Å². The minimum Gasteiger partial charge on any atom is -0.497 e. The third-order valence-corrected chi connectivity index (χ3v) is 6.33. The van der Waals surface area contributed by atoms with Crippen LogP contribution in [0.25, 0.3) is 10.9 Å². The molecule has 0 radical (unpaired) electrons. The number of ether oxygens (including phenoxy) is 1. The Morgan fingerprint density at radius 2 is 1.60 bits per heavy atom. The summed E-state index contributed by atoms with van der Waals surface area (Å²) < 4.78 is 5.35. The lowest BCUT2D eigenvalue weighted by molar-refractivity contribution is -0.692. The van der Waals surface area contributed by atoms with Crippen LogP contribution < -0.4 is 15.0 Å². The molecule has 0 spiro atoms. The van der Waals surface area contributed by atoms with Crippen LogP contribution in [0, 0.1) is 0 Å². The van der Waals surface area contributed by atoms with Crippen molar-refractivity contribution in [1.29, 1.82) is 0 Å². The van der Waals surface area contributed by atoms with E-state index in [0.717, 1.165) is 12.3 Å². The number of anilines is 1. The van der Waals surface area contributed by atoms with E-state index in [2.05, 4.69) is 102 Å². The van der Waals surface area contributed by atoms with Crippen LogP contribution in [0.1, 0.15) is 34.3 Å². The maximum atomic E-state index is 5.35. The van der Waals surface area contributed by atoms with Crippen LogP contribution in [-0.4, -0.2) is 32.7 Å². The number of quaternary nitrogens is 1. The Hall–Kier alpha value is -3.24. The Morgan fingerprint density at radius 1 is 0.900 bits per heavy atom. The van der Waals surface area contributed by atoms with Crippen LogP contribution in [0.15, 0.2) is 72.8 Å². The molecule has 0 bridgehead atoms. The van der Waals surface area contributed by atoms with Crippen molar-refractivity contribution < 1.29 is 10.1 Å². The van der Waals surface area contributed by atoms with Crippen molar-refractivity contribution in [1.82, 2.24) is 4.98 Å². The number of hydrogen-bond acceptors (Lipinski definition) is 2. The van der Waals surface area contributed by atoms with E-state index in [1.54, 1.807) is 7.11 Å². The van der Waals surface area contributed by atoms with Crippen molar-refractivity contribution in [2.45, 2.75) is 12.0 Å². The molecule has 4 nitrogen and oxygen atoms in total. The van der Waals surface area contributed by atoms with Crippen LogP contribution in [-0.2, 0) is 0 Å². The fraction of sp³-hybridized carbons (Fsp3) is 0.231. The molecule has 1 aromatic heterocycles. The van der Waals surface area contributed by atoms with E-state index in [9.17, 15) is 0 Å². The number of methoxy groups -OCH3 is 1. The summed E-state index contributed by atoms with van der Waals surface area (Å²) >= 11 is 0. The highest BCUT2D eigenvalue weighted by molar-refractivity contribution is 5.86. The predicted molar refractivity (Wildman–Crippen MR) is 123 cm³/mol. The number of benzene rings is 3. The molecular formula is C26H28N3O+. The standard InChI is InChI=1S/C26H27N3O/c1-29(2)19-12-8-17(9-13-19)22-16-27-25(18-10-14-20(30-3)15-11-18)26-24(22)21-6-4-5-7-23(21)28-26/h4-15,22,25,27-28H,16H2,1-3H3/p+1/t22-,25-/m1/s1. The lowest BCUT2D eigenvalue weighted by atomic mass is 9.83. The summed E-state index contributed by atoms with van der Waals surface area (Å²) in [6.45, 7) is 1.02. The molecule has 152 valence electrons. The van der Waals surface area contributed by atoms with Crippen LogP contribution in [0.4, 0.5) is 5.69 Å². The average molecular weight is 399 g/mol. The topological polar surface area (TPSA) is 44.9 Å². The monoisotopic (exact) mass is 398 g/mol. The minimum atomic E-state index is 0.260. The van der Waals surface area contributed by atoms with Crippen LogP contribution >= 0.6 is 0 Å². The van der Waals surface area contributed by atoms with E-state index in [0.29, 0.717) is 5.92 Å². The molecule has 0 aliphatic carbocycles. The molecule has 0 amide bonds. The van der Waals surface area contributed by atoms with Gasteiger partial charge in [-0.25, -0.2) is 0 Å². The van der Waals surface area contributed by atoms with Gasteiger partial charge >= 0.3 is 0 Å². The number of nitrogens with zero attached hydrogens (tertiary/aromatic N) is 1. The smallest absolute Gasteiger partial charge is 0.153 e. The highest BCUT2D eigenvalue weighted by atomic mass is 16.5. The quantitative estimate of drug-likeness (QED) is 0.545. The number of aromatic nitrogens is 1. The molecule has 2 heterocycles. The highest BCUT2D eigenvalue weighted by Crippen LogP contribution is 2.39. The van der Waals surface area contributed by atoms with Gasteiger partial charge in [-0.2, -0.15) is 0 Å². The van der Waals surface area contributed by atoms with Gasteiger partial charge < -0.3 is 19.9 Å². The minimum absolute atomic E-state index is 0.260. The van der Waals surface area contributed by atoms with Gasteiger partial charge in [0.2, 0.25) is 0 Å². The van der Waals surface area contributed by atoms with Gasteiger partial charge in [-0.3, -0.25) is 0 Å². The lowest BCUT2D eigenvalue weighted by Gasteiger charge is -2.28. The van der Waals surface area contributed by atoms with Gasteiger partial charge in [0.25, 0.3) is 0 Å². The first kappa shape index (κ1) is 18.8. The Kier molecular flexibility index (Phi) is 4.72. The van der Waals surface area contributed by atoms with E-state index in [4.69, 9.17) is 4.74 Å². The summed E-state index contributed by atoms with van der Waals surface area (Å²) in [5.74, 6) is 1.26. The number of fused-ring (bicyclic) bond motifs is 3. The number of H-pyrrole nitrogens is 1. The van der Waals surface area contributed by atoms with Crippen LogP contribution in [0.3, 0.4) is 0 Å². The molecule has 0 unspecified atom stereocenters. The zero-order chi connectivity index (χ0) is 20.7. The maximum Gasteiger partial charge on any atom is 0.153 e. The van der Waals surface area contributed by atoms with E-state index in [1.165, 1.54) is 39.0 Å². The van der Waals surface area contributed by atoms with Gasteiger partial charge in [-0.05, 0) is 48.0 Å². The van der Waals surface area contributed by atoms with Gasteiger partial charge in [0.1, 0.15) is 5.75 Å². The summed E-state index contributed by atoms with van der Waals surface area (Å²) in [5, 5.41) is 3.80. The van der Waals surface area contributed by atoms with Gasteiger partial charge in [-0.15, -0.1) is 0 Å². The van der Waals surface area contributed by atoms with E-state index in [-0.39, 0.29) is 6.04 Å². The summed E-state index contributed by atoms with van der Waals surface area (Å²) in [7, 11) is 5.88. The zero-order valence-electron chi connectivity index (χ0n) is 17.7. The highest BCUT2D eigenvalue weighted by Gasteiger charge is 2.35. The van der Waals surface area contributed by atoms with Crippen molar-refractivity contribution in [2.75, 3.05) is 32.6 Å². The number of aromatic amines is 1. The molecule has 2 atom stereocenters. The van der Waals surface area contributed by atoms with Gasteiger partial charge in [0.05, 0.1) is 25.3 Å². The van der Waals surface area contributed by atoms with Crippen molar-refractivity contribution in [3.8, 4) is 5.75 Å². The first-order chi connectivity index (χ1) is 14.7. The number of nitrogens with one attached hydrogen (secondary N) is 1. The molecule has 0 saturated heterocycles. The summed E-state index contributed by atoms with van der Waals surface area (Å²) in [5.41, 5.74) is 7.86. The second-order valence-corrected chi connectivity index (χ2v) is 8.26. The van der Waals surface area contributed by atoms with Crippen LogP contribution in [0.5, 0.6) is 5.75 Å². The maximum absolute atomic E-state index is 5.35. The second-order valence-electron chi connectivity index (χ2n) is 8.26. The molecule has 1 aliphatic heterocycles. The Morgan fingerprint density at radius 3 is 2.30 bits per heavy atom. The van der Waals surface area contributed by atoms with E-state index in [1.807, 2.05) is 0 Å². The number of rotatable bonds is 4. The van der Waals surface area contributed by atoms with Gasteiger partial charge in [0.15, 0.2) is 6.04 Å². The van der Waals surface area contributed by atoms with Crippen molar-refractivity contribution >= 4 is 16.6 Å². The van der Waals surface area contributed by atoms with Gasteiger partial charge in [0, 0.05) is 41.8 Å². The second kappa shape index (κ2) is 7.54. The summed E-state index contributed by atoms with van der Waals surface area (Å²) in [6, 6.07) is 26.4. The fourth-order valence-electron chi connectivity index (χ4n) is 4.73. The molecule has 0 fully saturated rings. The normalized spacial score (nSPS) is 18.2. The third kappa shape index (κ3) is 3.14. The number of hydrogen-bond donors (Lipinski definition) is 2. The summed E-state index contributed by atoms with van der Waals surface area (Å²) in [4.78, 5) is 5.90.